The number of benzene rings is 2. The minimum atomic E-state index is -4.68. The number of halogens is 7. The van der Waals surface area contributed by atoms with Gasteiger partial charge in [0.25, 0.3) is 0 Å². The molecule has 2 amide bonds. The summed E-state index contributed by atoms with van der Waals surface area (Å²) in [6.45, 7) is 4.46. The van der Waals surface area contributed by atoms with E-state index in [9.17, 15) is 35.9 Å². The van der Waals surface area contributed by atoms with Crippen LogP contribution in [-0.2, 0) is 21.9 Å². The fourth-order valence-electron chi connectivity index (χ4n) is 3.23. The molecule has 0 unspecified atom stereocenters. The van der Waals surface area contributed by atoms with Crippen LogP contribution in [0.1, 0.15) is 31.9 Å². The predicted molar refractivity (Wildman–Crippen MR) is 121 cm³/mol. The van der Waals surface area contributed by atoms with Crippen molar-refractivity contribution in [3.05, 3.63) is 58.6 Å². The smallest absolute Gasteiger partial charge is 0.372 e. The molecular weight excluding hydrogens is 500 g/mol. The molecule has 0 fully saturated rings. The van der Waals surface area contributed by atoms with Crippen molar-refractivity contribution >= 4 is 34.8 Å². The number of nitrogens with one attached hydrogen (secondary N) is 2. The molecule has 2 rings (SSSR count). The normalized spacial score (nSPS) is 12.9. The molecule has 0 radical (unpaired) electrons. The summed E-state index contributed by atoms with van der Waals surface area (Å²) in [5, 5.41) is 4.76. The molecule has 0 bridgehead atoms. The first kappa shape index (κ1) is 28.3. The second-order valence-corrected chi connectivity index (χ2v) is 8.41. The van der Waals surface area contributed by atoms with Gasteiger partial charge in [0.2, 0.25) is 11.8 Å². The maximum Gasteiger partial charge on any atom is 0.418 e. The van der Waals surface area contributed by atoms with Gasteiger partial charge in [-0.05, 0) is 43.2 Å². The molecule has 0 aliphatic heterocycles. The highest BCUT2D eigenvalue weighted by molar-refractivity contribution is 6.33. The van der Waals surface area contributed by atoms with Crippen LogP contribution in [0.3, 0.4) is 0 Å². The molecule has 2 aromatic carbocycles. The van der Waals surface area contributed by atoms with E-state index in [1.807, 2.05) is 0 Å². The highest BCUT2D eigenvalue weighted by atomic mass is 35.5. The zero-order chi connectivity index (χ0) is 26.6. The van der Waals surface area contributed by atoms with Crippen LogP contribution in [0.5, 0.6) is 0 Å². The van der Waals surface area contributed by atoms with E-state index in [2.05, 4.69) is 10.6 Å². The van der Waals surface area contributed by atoms with E-state index >= 15 is 0 Å². The number of rotatable bonds is 8. The summed E-state index contributed by atoms with van der Waals surface area (Å²) in [6.07, 6.45) is -9.27. The Morgan fingerprint density at radius 3 is 2.11 bits per heavy atom. The second kappa shape index (κ2) is 11.2. The SMILES string of the molecule is CCN(CC(=O)Nc1ccccc1C(F)(F)F)C(=O)[C@H](Nc1ccc(C(F)(F)F)cc1Cl)C(C)C. The van der Waals surface area contributed by atoms with E-state index in [0.717, 1.165) is 35.2 Å². The lowest BCUT2D eigenvalue weighted by Gasteiger charge is -2.30. The standard InChI is InChI=1S/C23H24ClF6N3O2/c1-4-33(12-19(34)31-17-8-6-5-7-15(17)23(28,29)30)21(35)20(13(2)3)32-18-10-9-14(11-16(18)24)22(25,26)27/h5-11,13,20,32H,4,12H2,1-3H3,(H,31,34)/t20-/m1/s1. The summed E-state index contributed by atoms with van der Waals surface area (Å²) in [5.41, 5.74) is -2.33. The lowest BCUT2D eigenvalue weighted by atomic mass is 10.0. The van der Waals surface area contributed by atoms with E-state index in [4.69, 9.17) is 11.6 Å². The van der Waals surface area contributed by atoms with Crippen LogP contribution in [0.4, 0.5) is 37.7 Å². The number of alkyl halides is 6. The van der Waals surface area contributed by atoms with Crippen LogP contribution in [0.15, 0.2) is 42.5 Å². The van der Waals surface area contributed by atoms with Gasteiger partial charge in [-0.2, -0.15) is 26.3 Å². The number of para-hydroxylation sites is 1. The fraction of sp³-hybridized carbons (Fsp3) is 0.391. The number of hydrogen-bond acceptors (Lipinski definition) is 3. The van der Waals surface area contributed by atoms with Gasteiger partial charge in [0.1, 0.15) is 6.04 Å². The number of anilines is 2. The Kier molecular flexibility index (Phi) is 9.05. The van der Waals surface area contributed by atoms with Gasteiger partial charge in [0, 0.05) is 6.54 Å². The summed E-state index contributed by atoms with van der Waals surface area (Å²) < 4.78 is 78.2. The highest BCUT2D eigenvalue weighted by Crippen LogP contribution is 2.35. The Morgan fingerprint density at radius 2 is 1.60 bits per heavy atom. The van der Waals surface area contributed by atoms with Crippen molar-refractivity contribution in [3.63, 3.8) is 0 Å². The monoisotopic (exact) mass is 523 g/mol. The summed E-state index contributed by atoms with van der Waals surface area (Å²) >= 11 is 5.99. The van der Waals surface area contributed by atoms with Crippen molar-refractivity contribution in [2.24, 2.45) is 5.92 Å². The van der Waals surface area contributed by atoms with Gasteiger partial charge >= 0.3 is 12.4 Å². The molecule has 0 saturated heterocycles. The lowest BCUT2D eigenvalue weighted by Crippen LogP contribution is -2.48. The molecular formula is C23H24ClF6N3O2. The maximum atomic E-state index is 13.2. The summed E-state index contributed by atoms with van der Waals surface area (Å²) in [7, 11) is 0. The summed E-state index contributed by atoms with van der Waals surface area (Å²) in [5.74, 6) is -1.78. The Hall–Kier alpha value is -2.95. The molecule has 0 heterocycles. The molecule has 2 aromatic rings. The van der Waals surface area contributed by atoms with Crippen LogP contribution in [0.25, 0.3) is 0 Å². The largest absolute Gasteiger partial charge is 0.418 e. The van der Waals surface area contributed by atoms with Crippen LogP contribution in [0, 0.1) is 5.92 Å². The van der Waals surface area contributed by atoms with Crippen molar-refractivity contribution in [1.29, 1.82) is 0 Å². The zero-order valence-corrected chi connectivity index (χ0v) is 19.8. The molecule has 0 spiro atoms. The number of nitrogens with zero attached hydrogens (tertiary/aromatic N) is 1. The van der Waals surface area contributed by atoms with Crippen LogP contribution in [0.2, 0.25) is 5.02 Å². The minimum absolute atomic E-state index is 0.0544. The fourth-order valence-corrected chi connectivity index (χ4v) is 3.47. The first-order valence-corrected chi connectivity index (χ1v) is 10.9. The predicted octanol–water partition coefficient (Wildman–Crippen LogP) is 6.30. The van der Waals surface area contributed by atoms with Crippen molar-refractivity contribution < 1.29 is 35.9 Å². The van der Waals surface area contributed by atoms with Crippen molar-refractivity contribution in [2.45, 2.75) is 39.2 Å². The third kappa shape index (κ3) is 7.51. The van der Waals surface area contributed by atoms with Crippen LogP contribution >= 0.6 is 11.6 Å². The quantitative estimate of drug-likeness (QED) is 0.399. The first-order chi connectivity index (χ1) is 16.1. The van der Waals surface area contributed by atoms with E-state index in [1.54, 1.807) is 20.8 Å². The second-order valence-electron chi connectivity index (χ2n) is 8.00. The van der Waals surface area contributed by atoms with E-state index in [1.165, 1.54) is 12.1 Å². The molecule has 35 heavy (non-hydrogen) atoms. The number of carbonyl (C=O) groups excluding carboxylic acids is 2. The average molecular weight is 524 g/mol. The van der Waals surface area contributed by atoms with Gasteiger partial charge in [0.15, 0.2) is 0 Å². The van der Waals surface area contributed by atoms with Gasteiger partial charge in [-0.25, -0.2) is 0 Å². The highest BCUT2D eigenvalue weighted by Gasteiger charge is 2.34. The topological polar surface area (TPSA) is 61.4 Å². The van der Waals surface area contributed by atoms with Crippen LogP contribution < -0.4 is 10.6 Å². The van der Waals surface area contributed by atoms with E-state index < -0.39 is 53.6 Å². The van der Waals surface area contributed by atoms with Gasteiger partial charge in [0.05, 0.1) is 34.1 Å². The molecule has 0 aliphatic carbocycles. The molecule has 0 aromatic heterocycles. The molecule has 1 atom stereocenters. The molecule has 192 valence electrons. The Labute approximate surface area is 203 Å². The zero-order valence-electron chi connectivity index (χ0n) is 19.0. The first-order valence-electron chi connectivity index (χ1n) is 10.5. The van der Waals surface area contributed by atoms with Crippen LogP contribution in [-0.4, -0.2) is 35.8 Å². The van der Waals surface area contributed by atoms with Gasteiger partial charge in [-0.15, -0.1) is 0 Å². The third-order valence-corrected chi connectivity index (χ3v) is 5.39. The summed E-state index contributed by atoms with van der Waals surface area (Å²) in [4.78, 5) is 26.8. The number of amides is 2. The molecule has 5 nitrogen and oxygen atoms in total. The van der Waals surface area contributed by atoms with Gasteiger partial charge in [-0.1, -0.05) is 37.6 Å². The van der Waals surface area contributed by atoms with Crippen molar-refractivity contribution in [3.8, 4) is 0 Å². The van der Waals surface area contributed by atoms with Crippen molar-refractivity contribution in [1.82, 2.24) is 4.90 Å². The molecule has 2 N–H and O–H groups in total. The Balaban J connectivity index is 2.18. The maximum absolute atomic E-state index is 13.2. The third-order valence-electron chi connectivity index (χ3n) is 5.07. The van der Waals surface area contributed by atoms with E-state index in [0.29, 0.717) is 0 Å². The number of carbonyl (C=O) groups is 2. The van der Waals surface area contributed by atoms with E-state index in [-0.39, 0.29) is 23.2 Å². The molecule has 0 aliphatic rings. The number of hydrogen-bond donors (Lipinski definition) is 2. The average Bonchev–Trinajstić information content (AvgIpc) is 2.74. The lowest BCUT2D eigenvalue weighted by molar-refractivity contribution is -0.138. The summed E-state index contributed by atoms with van der Waals surface area (Å²) in [6, 6.07) is 6.12. The minimum Gasteiger partial charge on any atom is -0.372 e. The van der Waals surface area contributed by atoms with Crippen molar-refractivity contribution in [2.75, 3.05) is 23.7 Å². The Morgan fingerprint density at radius 1 is 0.971 bits per heavy atom. The number of likely N-dealkylation sites (N-methyl/N-ethyl adjacent to an activating group) is 1. The van der Waals surface area contributed by atoms with Gasteiger partial charge in [-0.3, -0.25) is 9.59 Å². The molecule has 12 heteroatoms. The van der Waals surface area contributed by atoms with Gasteiger partial charge < -0.3 is 15.5 Å². The Bertz CT molecular complexity index is 1060. The molecule has 0 saturated carbocycles.